The van der Waals surface area contributed by atoms with Crippen molar-refractivity contribution in [3.8, 4) is 0 Å². The van der Waals surface area contributed by atoms with Gasteiger partial charge < -0.3 is 10.1 Å². The predicted octanol–water partition coefficient (Wildman–Crippen LogP) is 6.93. The highest BCUT2D eigenvalue weighted by molar-refractivity contribution is 5.72. The molecule has 4 heteroatoms. The fourth-order valence-corrected chi connectivity index (χ4v) is 7.75. The molecule has 33 heavy (non-hydrogen) atoms. The molecule has 4 nitrogen and oxygen atoms in total. The van der Waals surface area contributed by atoms with Crippen molar-refractivity contribution in [3.63, 3.8) is 0 Å². The van der Waals surface area contributed by atoms with Crippen molar-refractivity contribution in [2.45, 2.75) is 91.2 Å². The average molecular weight is 449 g/mol. The van der Waals surface area contributed by atoms with Crippen molar-refractivity contribution in [3.05, 3.63) is 47.8 Å². The van der Waals surface area contributed by atoms with E-state index in [0.717, 1.165) is 31.1 Å². The molecule has 0 saturated heterocycles. The summed E-state index contributed by atoms with van der Waals surface area (Å²) in [5, 5.41) is 2.95. The second-order valence-corrected chi connectivity index (χ2v) is 12.5. The number of amides is 1. The first kappa shape index (κ1) is 22.7. The minimum absolute atomic E-state index is 0.00223. The van der Waals surface area contributed by atoms with E-state index in [2.05, 4.69) is 48.4 Å². The first-order chi connectivity index (χ1) is 15.6. The molecule has 178 valence electrons. The number of nitrogens with one attached hydrogen (secondary N) is 1. The van der Waals surface area contributed by atoms with Crippen LogP contribution in [-0.2, 0) is 4.74 Å². The maximum absolute atomic E-state index is 12.3. The molecule has 5 rings (SSSR count). The summed E-state index contributed by atoms with van der Waals surface area (Å²) in [7, 11) is 0. The second kappa shape index (κ2) is 7.99. The molecule has 0 spiro atoms. The quantitative estimate of drug-likeness (QED) is 0.499. The number of rotatable bonds is 2. The molecule has 1 aromatic heterocycles. The third kappa shape index (κ3) is 3.94. The van der Waals surface area contributed by atoms with Gasteiger partial charge in [-0.1, -0.05) is 37.6 Å². The highest BCUT2D eigenvalue weighted by atomic mass is 16.6. The van der Waals surface area contributed by atoms with Gasteiger partial charge >= 0.3 is 6.09 Å². The monoisotopic (exact) mass is 448 g/mol. The Bertz CT molecular complexity index is 975. The summed E-state index contributed by atoms with van der Waals surface area (Å²) < 4.78 is 5.84. The number of hydrogen-bond donors (Lipinski definition) is 1. The van der Waals surface area contributed by atoms with Gasteiger partial charge in [-0.3, -0.25) is 4.98 Å². The topological polar surface area (TPSA) is 51.2 Å². The Morgan fingerprint density at radius 1 is 1.09 bits per heavy atom. The summed E-state index contributed by atoms with van der Waals surface area (Å²) in [6, 6.07) is 4.30. The number of ether oxygens (including phenoxy) is 1. The Morgan fingerprint density at radius 2 is 1.88 bits per heavy atom. The van der Waals surface area contributed by atoms with Crippen LogP contribution in [0.4, 0.5) is 4.79 Å². The van der Waals surface area contributed by atoms with Gasteiger partial charge in [0.1, 0.15) is 6.10 Å². The first-order valence-electron chi connectivity index (χ1n) is 12.9. The van der Waals surface area contributed by atoms with E-state index in [0.29, 0.717) is 5.92 Å². The van der Waals surface area contributed by atoms with Crippen LogP contribution in [-0.4, -0.2) is 22.7 Å². The largest absolute Gasteiger partial charge is 0.446 e. The molecular formula is C29H40N2O2. The summed E-state index contributed by atoms with van der Waals surface area (Å²) in [6.07, 6.45) is 16.6. The van der Waals surface area contributed by atoms with Crippen molar-refractivity contribution in [2.75, 3.05) is 0 Å². The van der Waals surface area contributed by atoms with Crippen LogP contribution in [0.1, 0.15) is 85.1 Å². The van der Waals surface area contributed by atoms with Gasteiger partial charge in [-0.15, -0.1) is 0 Å². The number of carbonyl (C=O) groups is 1. The van der Waals surface area contributed by atoms with Gasteiger partial charge in [-0.25, -0.2) is 4.79 Å². The van der Waals surface area contributed by atoms with Gasteiger partial charge in [0.05, 0.1) is 0 Å². The van der Waals surface area contributed by atoms with Crippen molar-refractivity contribution in [1.82, 2.24) is 10.3 Å². The number of carbonyl (C=O) groups excluding carboxylic acids is 1. The van der Waals surface area contributed by atoms with E-state index < -0.39 is 0 Å². The van der Waals surface area contributed by atoms with Crippen LogP contribution in [0.3, 0.4) is 0 Å². The van der Waals surface area contributed by atoms with Crippen molar-refractivity contribution >= 4 is 11.7 Å². The standard InChI is InChI=1S/C29H40N2O2/c1-27(2,3)31-26(32)33-21-12-14-28(4)20(17-21)8-9-22-24-11-10-23(19-7-6-16-30-18-19)29(24,5)15-13-25(22)28/h6-8,10,16,18,21-22,24-25H,9,11-15,17H2,1-5H3,(H,31,32). The smallest absolute Gasteiger partial charge is 0.407 e. The van der Waals surface area contributed by atoms with E-state index in [1.165, 1.54) is 36.8 Å². The van der Waals surface area contributed by atoms with Crippen molar-refractivity contribution in [1.29, 1.82) is 0 Å². The molecule has 4 aliphatic rings. The van der Waals surface area contributed by atoms with Crippen LogP contribution in [0, 0.1) is 28.6 Å². The summed E-state index contributed by atoms with van der Waals surface area (Å²) in [5.74, 6) is 2.19. The maximum atomic E-state index is 12.3. The lowest BCUT2D eigenvalue weighted by atomic mass is 9.47. The van der Waals surface area contributed by atoms with Crippen molar-refractivity contribution < 1.29 is 9.53 Å². The molecule has 0 radical (unpaired) electrons. The number of fused-ring (bicyclic) bond motifs is 5. The molecule has 0 aliphatic heterocycles. The van der Waals surface area contributed by atoms with Gasteiger partial charge in [-0.05, 0) is 105 Å². The second-order valence-electron chi connectivity index (χ2n) is 12.5. The molecule has 0 aromatic carbocycles. The molecule has 6 atom stereocenters. The van der Waals surface area contributed by atoms with E-state index in [-0.39, 0.29) is 28.6 Å². The highest BCUT2D eigenvalue weighted by Crippen LogP contribution is 2.66. The average Bonchev–Trinajstić information content (AvgIpc) is 3.10. The molecule has 1 heterocycles. The Balaban J connectivity index is 1.32. The van der Waals surface area contributed by atoms with E-state index in [1.54, 1.807) is 5.57 Å². The fraction of sp³-hybridized carbons (Fsp3) is 0.655. The SMILES string of the molecule is CC(C)(C)NC(=O)OC1CCC2(C)C(=CCC3C2CCC2(C)C(c4cccnc4)=CCC32)C1. The molecule has 2 saturated carbocycles. The van der Waals surface area contributed by atoms with Gasteiger partial charge in [0, 0.05) is 24.4 Å². The number of hydrogen-bond acceptors (Lipinski definition) is 3. The maximum Gasteiger partial charge on any atom is 0.407 e. The van der Waals surface area contributed by atoms with Crippen LogP contribution < -0.4 is 5.32 Å². The van der Waals surface area contributed by atoms with E-state index in [9.17, 15) is 4.79 Å². The fourth-order valence-electron chi connectivity index (χ4n) is 7.75. The molecule has 2 fully saturated rings. The Morgan fingerprint density at radius 3 is 2.61 bits per heavy atom. The van der Waals surface area contributed by atoms with Gasteiger partial charge in [-0.2, -0.15) is 0 Å². The van der Waals surface area contributed by atoms with Crippen molar-refractivity contribution in [2.24, 2.45) is 28.6 Å². The number of allylic oxidation sites excluding steroid dienone is 3. The minimum Gasteiger partial charge on any atom is -0.446 e. The van der Waals surface area contributed by atoms with Gasteiger partial charge in [0.25, 0.3) is 0 Å². The third-order valence-electron chi connectivity index (χ3n) is 9.36. The summed E-state index contributed by atoms with van der Waals surface area (Å²) >= 11 is 0. The third-order valence-corrected chi connectivity index (χ3v) is 9.36. The number of nitrogens with zero attached hydrogens (tertiary/aromatic N) is 1. The van der Waals surface area contributed by atoms with E-state index in [4.69, 9.17) is 4.74 Å². The van der Waals surface area contributed by atoms with Crippen LogP contribution in [0.5, 0.6) is 0 Å². The minimum atomic E-state index is -0.279. The van der Waals surface area contributed by atoms with Crippen LogP contribution >= 0.6 is 0 Å². The Hall–Kier alpha value is -2.10. The molecule has 1 N–H and O–H groups in total. The summed E-state index contributed by atoms with van der Waals surface area (Å²) in [5.41, 5.74) is 4.63. The zero-order chi connectivity index (χ0) is 23.4. The number of pyridine rings is 1. The van der Waals surface area contributed by atoms with E-state index in [1.807, 2.05) is 33.2 Å². The van der Waals surface area contributed by atoms with Crippen LogP contribution in [0.15, 0.2) is 42.3 Å². The zero-order valence-corrected chi connectivity index (χ0v) is 21.0. The summed E-state index contributed by atoms with van der Waals surface area (Å²) in [4.78, 5) is 16.7. The molecular weight excluding hydrogens is 408 g/mol. The lowest BCUT2D eigenvalue weighted by Gasteiger charge is -2.57. The summed E-state index contributed by atoms with van der Waals surface area (Å²) in [6.45, 7) is 11.0. The normalized spacial score (nSPS) is 37.7. The van der Waals surface area contributed by atoms with Gasteiger partial charge in [0.2, 0.25) is 0 Å². The number of aromatic nitrogens is 1. The zero-order valence-electron chi connectivity index (χ0n) is 21.0. The molecule has 1 aromatic rings. The predicted molar refractivity (Wildman–Crippen MR) is 132 cm³/mol. The number of alkyl carbamates (subject to hydrolysis) is 1. The van der Waals surface area contributed by atoms with Crippen LogP contribution in [0.2, 0.25) is 0 Å². The Labute approximate surface area is 199 Å². The Kier molecular flexibility index (Phi) is 5.49. The first-order valence-corrected chi connectivity index (χ1v) is 12.9. The molecule has 0 bridgehead atoms. The highest BCUT2D eigenvalue weighted by Gasteiger charge is 2.57. The lowest BCUT2D eigenvalue weighted by molar-refractivity contribution is -0.0266. The lowest BCUT2D eigenvalue weighted by Crippen LogP contribution is -2.50. The molecule has 6 unspecified atom stereocenters. The molecule has 1 amide bonds. The van der Waals surface area contributed by atoms with Gasteiger partial charge in [0.15, 0.2) is 0 Å². The van der Waals surface area contributed by atoms with Crippen LogP contribution in [0.25, 0.3) is 5.57 Å². The van der Waals surface area contributed by atoms with E-state index >= 15 is 0 Å². The molecule has 4 aliphatic carbocycles.